The Morgan fingerprint density at radius 2 is 1.45 bits per heavy atom. The number of hydrogen-bond donors (Lipinski definition) is 2. The fraction of sp³-hybridized carbons (Fsp3) is 0.571. The van der Waals surface area contributed by atoms with Crippen molar-refractivity contribution in [2.75, 3.05) is 6.61 Å². The van der Waals surface area contributed by atoms with E-state index in [1.807, 2.05) is 4.72 Å². The molecule has 0 saturated carbocycles. The normalized spacial score (nSPS) is 30.6. The van der Waals surface area contributed by atoms with Crippen molar-refractivity contribution < 1.29 is 66.4 Å². The van der Waals surface area contributed by atoms with Crippen LogP contribution in [0.25, 0.3) is 0 Å². The van der Waals surface area contributed by atoms with Crippen molar-refractivity contribution in [2.45, 2.75) is 88.5 Å². The molecule has 2 aliphatic heterocycles. The molecule has 0 aromatic heterocycles. The summed E-state index contributed by atoms with van der Waals surface area (Å²) in [6, 6.07) is 15.9. The molecule has 0 bridgehead atoms. The summed E-state index contributed by atoms with van der Waals surface area (Å²) in [6.45, 7) is 5.04. The molecule has 0 amide bonds. The Morgan fingerprint density at radius 1 is 0.843 bits per heavy atom. The van der Waals surface area contributed by atoms with Crippen LogP contribution in [-0.2, 0) is 76.2 Å². The Balaban J connectivity index is 1.65. The van der Waals surface area contributed by atoms with E-state index in [4.69, 9.17) is 27.3 Å². The Bertz CT molecular complexity index is 1750. The molecule has 0 spiro atoms. The van der Waals surface area contributed by atoms with E-state index in [-0.39, 0.29) is 13.2 Å². The second kappa shape index (κ2) is 18.5. The SMILES string of the molecule is CC1O[C@@H](C)C(OS(=O)(=O)[O-])[C@H](OCc2ccccc2)C1O[C@H]1OC(COS(=O)(=O)NCc2ccccc2)[C@@H](C)[C@H](P[B]B=O)C1NS(=O)(=O)[O-]. The first-order chi connectivity index (χ1) is 24.0. The van der Waals surface area contributed by atoms with E-state index in [1.54, 1.807) is 74.5 Å². The van der Waals surface area contributed by atoms with Gasteiger partial charge in [0.15, 0.2) is 0 Å². The second-order valence-corrected chi connectivity index (χ2v) is 16.8. The van der Waals surface area contributed by atoms with Gasteiger partial charge in [0, 0.05) is 0 Å². The molecule has 51 heavy (non-hydrogen) atoms. The second-order valence-electron chi connectivity index (χ2n) is 11.9. The van der Waals surface area contributed by atoms with Crippen molar-refractivity contribution in [3.05, 3.63) is 71.8 Å². The quantitative estimate of drug-likeness (QED) is 0.0878. The zero-order valence-electron chi connectivity index (χ0n) is 27.7. The van der Waals surface area contributed by atoms with Gasteiger partial charge in [0.2, 0.25) is 0 Å². The van der Waals surface area contributed by atoms with Gasteiger partial charge in [-0.3, -0.25) is 0 Å². The molecule has 2 aromatic carbocycles. The monoisotopic (exact) mass is 791 g/mol. The first kappa shape index (κ1) is 42.0. The van der Waals surface area contributed by atoms with Crippen LogP contribution >= 0.6 is 8.46 Å². The maximum atomic E-state index is 12.8. The van der Waals surface area contributed by atoms with Crippen LogP contribution in [0, 0.1) is 5.92 Å². The van der Waals surface area contributed by atoms with Gasteiger partial charge in [-0.25, -0.2) is 0 Å². The van der Waals surface area contributed by atoms with E-state index in [0.717, 1.165) is 0 Å². The Hall–Kier alpha value is -1.75. The summed E-state index contributed by atoms with van der Waals surface area (Å²) in [6.07, 6.45) is -8.97. The third-order valence-corrected chi connectivity index (χ3v) is 11.8. The molecule has 281 valence electrons. The Labute approximate surface area is 301 Å². The molecule has 2 saturated heterocycles. The topological polar surface area (TPSA) is 245 Å². The van der Waals surface area contributed by atoms with Gasteiger partial charge in [0.25, 0.3) is 0 Å². The molecule has 2 fully saturated rings. The molecule has 4 rings (SSSR count). The van der Waals surface area contributed by atoms with Crippen molar-refractivity contribution in [1.82, 2.24) is 9.44 Å². The van der Waals surface area contributed by atoms with Crippen molar-refractivity contribution >= 4 is 53.4 Å². The van der Waals surface area contributed by atoms with Crippen molar-refractivity contribution in [3.8, 4) is 0 Å². The van der Waals surface area contributed by atoms with E-state index in [1.165, 1.54) is 13.8 Å². The summed E-state index contributed by atoms with van der Waals surface area (Å²) < 4.78 is 147. The first-order valence-electron chi connectivity index (χ1n) is 15.7. The average Bonchev–Trinajstić information content (AvgIpc) is 3.05. The number of nitrogens with one attached hydrogen (secondary N) is 2. The third-order valence-electron chi connectivity index (χ3n) is 8.27. The number of rotatable bonds is 18. The van der Waals surface area contributed by atoms with Crippen LogP contribution in [0.15, 0.2) is 60.7 Å². The molecule has 2 aromatic rings. The fourth-order valence-corrected chi connectivity index (χ4v) is 9.12. The van der Waals surface area contributed by atoms with Crippen LogP contribution in [0.2, 0.25) is 0 Å². The fourth-order valence-electron chi connectivity index (χ4n) is 5.87. The summed E-state index contributed by atoms with van der Waals surface area (Å²) in [4.78, 5) is 0. The van der Waals surface area contributed by atoms with E-state index in [0.29, 0.717) is 18.2 Å². The van der Waals surface area contributed by atoms with E-state index >= 15 is 0 Å². The molecule has 2 heterocycles. The van der Waals surface area contributed by atoms with Gasteiger partial charge in [-0.2, -0.15) is 0 Å². The van der Waals surface area contributed by atoms with Gasteiger partial charge < -0.3 is 0 Å². The standard InChI is InChI=1S/C28H40B2N2O15PS3/c1-17-22(16-43-50(37,38)31-14-20-10-6-4-7-11-20)45-28(23(32-49(34,35)36)27(17)48-30-29-33)46-24-18(2)44-19(3)25(47-51(39,40)41)26(24)42-15-21-12-8-5-9-13-21/h4-13,17-19,22-28,31-32,48H,14-16H2,1-3H3,(H,34,35,36)(H,39,40,41)/p-2/t17-,18?,19+,22?,23?,24?,25?,26-,27+,28-/m1/s1. The van der Waals surface area contributed by atoms with Crippen LogP contribution < -0.4 is 9.44 Å². The molecule has 6 unspecified atom stereocenters. The van der Waals surface area contributed by atoms with Crippen LogP contribution in [0.5, 0.6) is 0 Å². The molecule has 17 nitrogen and oxygen atoms in total. The van der Waals surface area contributed by atoms with Gasteiger partial charge in [-0.05, 0) is 0 Å². The molecule has 11 atom stereocenters. The summed E-state index contributed by atoms with van der Waals surface area (Å²) in [5, 5.41) is 0. The molecule has 2 aliphatic rings. The first-order valence-corrected chi connectivity index (χ1v) is 21.0. The minimum absolute atomic E-state index is 0.0771. The minimum atomic E-state index is -5.31. The Morgan fingerprint density at radius 3 is 2.04 bits per heavy atom. The van der Waals surface area contributed by atoms with Gasteiger partial charge in [-0.15, -0.1) is 0 Å². The van der Waals surface area contributed by atoms with Crippen molar-refractivity contribution in [1.29, 1.82) is 0 Å². The van der Waals surface area contributed by atoms with Gasteiger partial charge in [0.05, 0.1) is 0 Å². The molecule has 2 N–H and O–H groups in total. The number of ether oxygens (including phenoxy) is 4. The zero-order chi connectivity index (χ0) is 37.4. The molecule has 0 aliphatic carbocycles. The summed E-state index contributed by atoms with van der Waals surface area (Å²) >= 11 is 0. The van der Waals surface area contributed by atoms with Crippen LogP contribution in [0.3, 0.4) is 0 Å². The molecule has 23 heteroatoms. The van der Waals surface area contributed by atoms with E-state index < -0.39 is 107 Å². The van der Waals surface area contributed by atoms with Gasteiger partial charge in [0.1, 0.15) is 0 Å². The molecular weight excluding hydrogens is 753 g/mol. The van der Waals surface area contributed by atoms with Crippen molar-refractivity contribution in [2.24, 2.45) is 5.92 Å². The summed E-state index contributed by atoms with van der Waals surface area (Å²) in [7, 11) is -14.8. The maximum absolute atomic E-state index is 12.8. The molecule has 1 radical (unpaired) electrons. The number of hydrogen-bond acceptors (Lipinski definition) is 15. The molecular formula is C28H38B2N2O15PS3-2. The van der Waals surface area contributed by atoms with Gasteiger partial charge in [-0.1, -0.05) is 36.4 Å². The average molecular weight is 791 g/mol. The van der Waals surface area contributed by atoms with E-state index in [9.17, 15) is 39.1 Å². The summed E-state index contributed by atoms with van der Waals surface area (Å²) in [5.41, 5.74) is 0.451. The zero-order valence-corrected chi connectivity index (χ0v) is 31.1. The van der Waals surface area contributed by atoms with Crippen molar-refractivity contribution in [3.63, 3.8) is 0 Å². The third kappa shape index (κ3) is 13.0. The van der Waals surface area contributed by atoms with E-state index in [2.05, 4.69) is 4.72 Å². The number of benzene rings is 2. The Kier molecular flexibility index (Phi) is 15.3. The van der Waals surface area contributed by atoms with Crippen LogP contribution in [0.1, 0.15) is 31.9 Å². The predicted octanol–water partition coefficient (Wildman–Crippen LogP) is 0.0712. The predicted molar refractivity (Wildman–Crippen MR) is 181 cm³/mol. The van der Waals surface area contributed by atoms with Crippen LogP contribution in [0.4, 0.5) is 0 Å². The summed E-state index contributed by atoms with van der Waals surface area (Å²) in [5.74, 6) is -0.727. The van der Waals surface area contributed by atoms with Crippen LogP contribution in [-0.4, -0.2) is 110 Å². The van der Waals surface area contributed by atoms with Gasteiger partial charge >= 0.3 is 266 Å².